The number of likely N-dealkylation sites (N-methyl/N-ethyl adjacent to an activating group) is 1. The highest BCUT2D eigenvalue weighted by molar-refractivity contribution is 5.88. The molecule has 1 aliphatic heterocycles. The number of ether oxygens (including phenoxy) is 1. The van der Waals surface area contributed by atoms with Gasteiger partial charge in [-0.05, 0) is 32.7 Å². The van der Waals surface area contributed by atoms with E-state index in [9.17, 15) is 14.7 Å². The fraction of sp³-hybridized carbons (Fsp3) is 0.846. The smallest absolute Gasteiger partial charge is 0.328 e. The Hall–Kier alpha value is -1.14. The number of nitrogens with zero attached hydrogens (tertiary/aromatic N) is 1. The average molecular weight is 272 g/mol. The highest BCUT2D eigenvalue weighted by atomic mass is 16.5. The van der Waals surface area contributed by atoms with Crippen LogP contribution in [-0.4, -0.2) is 60.8 Å². The molecule has 2 N–H and O–H groups in total. The van der Waals surface area contributed by atoms with Crippen molar-refractivity contribution >= 4 is 11.9 Å². The zero-order valence-electron chi connectivity index (χ0n) is 11.9. The number of nitrogens with one attached hydrogen (secondary N) is 1. The lowest BCUT2D eigenvalue weighted by Crippen LogP contribution is -2.59. The molecule has 0 aromatic rings. The van der Waals surface area contributed by atoms with Crippen molar-refractivity contribution in [1.82, 2.24) is 10.2 Å². The number of aliphatic hydroxyl groups excluding tert-OH is 1. The van der Waals surface area contributed by atoms with Crippen molar-refractivity contribution in [2.75, 3.05) is 20.8 Å². The molecule has 1 aliphatic rings. The molecule has 6 nitrogen and oxygen atoms in total. The summed E-state index contributed by atoms with van der Waals surface area (Å²) in [4.78, 5) is 25.8. The molecule has 19 heavy (non-hydrogen) atoms. The van der Waals surface area contributed by atoms with Crippen molar-refractivity contribution < 1.29 is 19.4 Å². The predicted octanol–water partition coefficient (Wildman–Crippen LogP) is -0.101. The number of rotatable bonds is 5. The molecule has 110 valence electrons. The fourth-order valence-corrected chi connectivity index (χ4v) is 2.64. The van der Waals surface area contributed by atoms with Gasteiger partial charge in [0.2, 0.25) is 5.91 Å². The second-order valence-corrected chi connectivity index (χ2v) is 4.80. The first-order chi connectivity index (χ1) is 9.10. The van der Waals surface area contributed by atoms with E-state index in [1.54, 1.807) is 7.05 Å². The van der Waals surface area contributed by atoms with Gasteiger partial charge in [0.15, 0.2) is 0 Å². The molecule has 0 aromatic carbocycles. The quantitative estimate of drug-likeness (QED) is 0.683. The summed E-state index contributed by atoms with van der Waals surface area (Å²) in [6.07, 6.45) is 2.76. The van der Waals surface area contributed by atoms with Crippen LogP contribution in [0.2, 0.25) is 0 Å². The fourth-order valence-electron chi connectivity index (χ4n) is 2.64. The number of carbonyl (C=O) groups excluding carboxylic acids is 2. The molecular formula is C13H24N2O4. The molecule has 1 heterocycles. The van der Waals surface area contributed by atoms with Crippen LogP contribution in [0.4, 0.5) is 0 Å². The number of piperidine rings is 1. The Balaban J connectivity index is 2.97. The second-order valence-electron chi connectivity index (χ2n) is 4.80. The van der Waals surface area contributed by atoms with Gasteiger partial charge in [0.1, 0.15) is 6.04 Å². The van der Waals surface area contributed by atoms with E-state index in [1.165, 1.54) is 12.0 Å². The standard InChI is InChI=1S/C13H24N2O4/c1-4-10(14-2)12(17)15-9(8-16)6-5-7-11(15)13(18)19-3/h9-11,14,16H,4-8H2,1-3H3/t9-,10+,11+/m1/s1. The Morgan fingerprint density at radius 3 is 2.63 bits per heavy atom. The van der Waals surface area contributed by atoms with Gasteiger partial charge in [-0.15, -0.1) is 0 Å². The van der Waals surface area contributed by atoms with E-state index >= 15 is 0 Å². The van der Waals surface area contributed by atoms with Gasteiger partial charge in [-0.25, -0.2) is 4.79 Å². The Kier molecular flexibility index (Phi) is 6.24. The van der Waals surface area contributed by atoms with Gasteiger partial charge in [-0.1, -0.05) is 6.92 Å². The number of carbonyl (C=O) groups is 2. The molecule has 1 amide bonds. The van der Waals surface area contributed by atoms with Crippen molar-refractivity contribution in [1.29, 1.82) is 0 Å². The van der Waals surface area contributed by atoms with Crippen LogP contribution in [0.15, 0.2) is 0 Å². The first kappa shape index (κ1) is 15.9. The van der Waals surface area contributed by atoms with Gasteiger partial charge >= 0.3 is 5.97 Å². The predicted molar refractivity (Wildman–Crippen MR) is 70.5 cm³/mol. The van der Waals surface area contributed by atoms with Crippen molar-refractivity contribution in [2.24, 2.45) is 0 Å². The molecule has 0 bridgehead atoms. The molecule has 0 radical (unpaired) electrons. The summed E-state index contributed by atoms with van der Waals surface area (Å²) >= 11 is 0. The molecule has 3 atom stereocenters. The van der Waals surface area contributed by atoms with Crippen LogP contribution in [0.1, 0.15) is 32.6 Å². The van der Waals surface area contributed by atoms with E-state index in [2.05, 4.69) is 5.32 Å². The Bertz CT molecular complexity index is 318. The topological polar surface area (TPSA) is 78.9 Å². The maximum Gasteiger partial charge on any atom is 0.328 e. The lowest BCUT2D eigenvalue weighted by molar-refractivity contribution is -0.159. The zero-order chi connectivity index (χ0) is 14.4. The van der Waals surface area contributed by atoms with E-state index in [-0.39, 0.29) is 24.6 Å². The van der Waals surface area contributed by atoms with Crippen LogP contribution in [0, 0.1) is 0 Å². The van der Waals surface area contributed by atoms with E-state index in [0.717, 1.165) is 12.8 Å². The minimum absolute atomic E-state index is 0.126. The number of amides is 1. The zero-order valence-corrected chi connectivity index (χ0v) is 11.9. The van der Waals surface area contributed by atoms with Gasteiger partial charge in [-0.3, -0.25) is 4.79 Å². The molecule has 6 heteroatoms. The summed E-state index contributed by atoms with van der Waals surface area (Å²) < 4.78 is 4.78. The molecule has 0 unspecified atom stereocenters. The Labute approximate surface area is 114 Å². The van der Waals surface area contributed by atoms with Crippen LogP contribution in [0.25, 0.3) is 0 Å². The molecule has 1 rings (SSSR count). The van der Waals surface area contributed by atoms with Crippen molar-refractivity contribution in [3.63, 3.8) is 0 Å². The van der Waals surface area contributed by atoms with Crippen LogP contribution < -0.4 is 5.32 Å². The summed E-state index contributed by atoms with van der Waals surface area (Å²) in [5, 5.41) is 12.4. The highest BCUT2D eigenvalue weighted by Crippen LogP contribution is 2.25. The monoisotopic (exact) mass is 272 g/mol. The number of methoxy groups -OCH3 is 1. The Morgan fingerprint density at radius 2 is 2.16 bits per heavy atom. The van der Waals surface area contributed by atoms with E-state index in [0.29, 0.717) is 12.8 Å². The van der Waals surface area contributed by atoms with Gasteiger partial charge in [0, 0.05) is 0 Å². The molecule has 0 aromatic heterocycles. The minimum atomic E-state index is -0.578. The number of hydrogen-bond acceptors (Lipinski definition) is 5. The number of likely N-dealkylation sites (tertiary alicyclic amines) is 1. The molecule has 0 aliphatic carbocycles. The van der Waals surface area contributed by atoms with Gasteiger partial charge in [0.05, 0.1) is 25.8 Å². The lowest BCUT2D eigenvalue weighted by Gasteiger charge is -2.41. The van der Waals surface area contributed by atoms with Crippen LogP contribution in [-0.2, 0) is 14.3 Å². The lowest BCUT2D eigenvalue weighted by atomic mass is 9.94. The summed E-state index contributed by atoms with van der Waals surface area (Å²) in [7, 11) is 3.04. The highest BCUT2D eigenvalue weighted by Gasteiger charge is 2.40. The van der Waals surface area contributed by atoms with Crippen LogP contribution in [0.3, 0.4) is 0 Å². The third-order valence-corrected chi connectivity index (χ3v) is 3.74. The molecule has 1 fully saturated rings. The number of aliphatic hydroxyl groups is 1. The third kappa shape index (κ3) is 3.45. The van der Waals surface area contributed by atoms with Crippen molar-refractivity contribution in [3.8, 4) is 0 Å². The van der Waals surface area contributed by atoms with E-state index in [4.69, 9.17) is 4.74 Å². The van der Waals surface area contributed by atoms with Gasteiger partial charge in [-0.2, -0.15) is 0 Å². The first-order valence-corrected chi connectivity index (χ1v) is 6.78. The minimum Gasteiger partial charge on any atom is -0.467 e. The van der Waals surface area contributed by atoms with E-state index < -0.39 is 12.0 Å². The van der Waals surface area contributed by atoms with Crippen LogP contribution in [0.5, 0.6) is 0 Å². The third-order valence-electron chi connectivity index (χ3n) is 3.74. The van der Waals surface area contributed by atoms with Crippen LogP contribution >= 0.6 is 0 Å². The Morgan fingerprint density at radius 1 is 1.47 bits per heavy atom. The maximum absolute atomic E-state index is 12.5. The first-order valence-electron chi connectivity index (χ1n) is 6.78. The average Bonchev–Trinajstić information content (AvgIpc) is 2.46. The van der Waals surface area contributed by atoms with Crippen molar-refractivity contribution in [3.05, 3.63) is 0 Å². The second kappa shape index (κ2) is 7.45. The van der Waals surface area contributed by atoms with Gasteiger partial charge in [0.25, 0.3) is 0 Å². The molecule has 1 saturated heterocycles. The largest absolute Gasteiger partial charge is 0.467 e. The molecule has 0 spiro atoms. The van der Waals surface area contributed by atoms with Crippen molar-refractivity contribution in [2.45, 2.75) is 50.7 Å². The molecular weight excluding hydrogens is 248 g/mol. The van der Waals surface area contributed by atoms with E-state index in [1.807, 2.05) is 6.92 Å². The maximum atomic E-state index is 12.5. The normalized spacial score (nSPS) is 24.9. The summed E-state index contributed by atoms with van der Waals surface area (Å²) in [6.45, 7) is 1.78. The molecule has 0 saturated carbocycles. The number of hydrogen-bond donors (Lipinski definition) is 2. The SMILES string of the molecule is CC[C@H](NC)C(=O)N1[C@@H](CO)CCC[C@H]1C(=O)OC. The summed E-state index contributed by atoms with van der Waals surface area (Å²) in [5.74, 6) is -0.545. The summed E-state index contributed by atoms with van der Waals surface area (Å²) in [5.41, 5.74) is 0. The summed E-state index contributed by atoms with van der Waals surface area (Å²) in [6, 6.07) is -1.21. The van der Waals surface area contributed by atoms with Gasteiger partial charge < -0.3 is 20.1 Å². The number of esters is 1.